The first-order chi connectivity index (χ1) is 10.6. The van der Waals surface area contributed by atoms with Gasteiger partial charge in [0, 0.05) is 18.7 Å². The summed E-state index contributed by atoms with van der Waals surface area (Å²) in [6, 6.07) is 14.7. The Morgan fingerprint density at radius 1 is 0.955 bits per heavy atom. The second-order valence-corrected chi connectivity index (χ2v) is 4.44. The summed E-state index contributed by atoms with van der Waals surface area (Å²) in [5, 5.41) is 14.4. The van der Waals surface area contributed by atoms with E-state index in [1.807, 2.05) is 6.07 Å². The molecule has 0 bridgehead atoms. The highest BCUT2D eigenvalue weighted by molar-refractivity contribution is 5.94. The van der Waals surface area contributed by atoms with Crippen LogP contribution in [0.5, 0.6) is 11.5 Å². The minimum atomic E-state index is -0.585. The lowest BCUT2D eigenvalue weighted by Crippen LogP contribution is -2.36. The van der Waals surface area contributed by atoms with Gasteiger partial charge in [-0.15, -0.1) is 0 Å². The van der Waals surface area contributed by atoms with E-state index < -0.39 is 6.09 Å². The van der Waals surface area contributed by atoms with E-state index >= 15 is 0 Å². The molecule has 0 heterocycles. The molecule has 114 valence electrons. The first-order valence-corrected chi connectivity index (χ1v) is 6.73. The molecule has 0 saturated carbocycles. The van der Waals surface area contributed by atoms with E-state index in [1.54, 1.807) is 36.4 Å². The number of aromatic hydroxyl groups is 1. The molecule has 0 saturated heterocycles. The fourth-order valence-corrected chi connectivity index (χ4v) is 1.72. The van der Waals surface area contributed by atoms with Crippen LogP contribution in [0, 0.1) is 0 Å². The largest absolute Gasteiger partial charge is 0.508 e. The van der Waals surface area contributed by atoms with Gasteiger partial charge in [0.15, 0.2) is 0 Å². The lowest BCUT2D eigenvalue weighted by molar-refractivity contribution is 0.0953. The molecule has 0 aliphatic rings. The van der Waals surface area contributed by atoms with Crippen molar-refractivity contribution in [2.24, 2.45) is 0 Å². The van der Waals surface area contributed by atoms with Crippen molar-refractivity contribution >= 4 is 12.0 Å². The molecule has 2 aromatic carbocycles. The Morgan fingerprint density at radius 3 is 2.41 bits per heavy atom. The van der Waals surface area contributed by atoms with Crippen molar-refractivity contribution in [3.05, 3.63) is 60.2 Å². The van der Waals surface area contributed by atoms with Crippen LogP contribution in [0.25, 0.3) is 0 Å². The standard InChI is InChI=1S/C16H16N2O4/c19-13-6-4-5-12(11-13)15(20)17-9-10-18-16(21)22-14-7-2-1-3-8-14/h1-8,11,19H,9-10H2,(H,17,20)(H,18,21). The van der Waals surface area contributed by atoms with Crippen molar-refractivity contribution < 1.29 is 19.4 Å². The summed E-state index contributed by atoms with van der Waals surface area (Å²) >= 11 is 0. The fourth-order valence-electron chi connectivity index (χ4n) is 1.72. The van der Waals surface area contributed by atoms with Gasteiger partial charge in [0.2, 0.25) is 0 Å². The van der Waals surface area contributed by atoms with Crippen molar-refractivity contribution in [1.29, 1.82) is 0 Å². The van der Waals surface area contributed by atoms with Crippen LogP contribution in [0.3, 0.4) is 0 Å². The van der Waals surface area contributed by atoms with Crippen molar-refractivity contribution in [2.75, 3.05) is 13.1 Å². The number of hydrogen-bond donors (Lipinski definition) is 3. The molecule has 0 aliphatic heterocycles. The average molecular weight is 300 g/mol. The zero-order valence-corrected chi connectivity index (χ0v) is 11.8. The number of benzene rings is 2. The van der Waals surface area contributed by atoms with E-state index in [1.165, 1.54) is 12.1 Å². The first kappa shape index (κ1) is 15.4. The monoisotopic (exact) mass is 300 g/mol. The molecule has 6 nitrogen and oxygen atoms in total. The quantitative estimate of drug-likeness (QED) is 0.736. The number of rotatable bonds is 5. The summed E-state index contributed by atoms with van der Waals surface area (Å²) in [5.41, 5.74) is 0.354. The summed E-state index contributed by atoms with van der Waals surface area (Å²) < 4.78 is 5.03. The fraction of sp³-hybridized carbons (Fsp3) is 0.125. The Labute approximate surface area is 127 Å². The predicted octanol–water partition coefficient (Wildman–Crippen LogP) is 1.91. The molecule has 0 radical (unpaired) electrons. The number of hydrogen-bond acceptors (Lipinski definition) is 4. The number of phenols is 1. The number of amides is 2. The summed E-state index contributed by atoms with van der Waals surface area (Å²) in [6.07, 6.45) is -0.585. The molecule has 0 atom stereocenters. The van der Waals surface area contributed by atoms with Gasteiger partial charge in [0.1, 0.15) is 11.5 Å². The van der Waals surface area contributed by atoms with Crippen molar-refractivity contribution in [1.82, 2.24) is 10.6 Å². The lowest BCUT2D eigenvalue weighted by Gasteiger charge is -2.08. The highest BCUT2D eigenvalue weighted by Crippen LogP contribution is 2.10. The SMILES string of the molecule is O=C(NCCNC(=O)c1cccc(O)c1)Oc1ccccc1. The van der Waals surface area contributed by atoms with Crippen molar-refractivity contribution in [3.63, 3.8) is 0 Å². The Bertz CT molecular complexity index is 644. The minimum absolute atomic E-state index is 0.0252. The molecule has 2 aromatic rings. The molecule has 22 heavy (non-hydrogen) atoms. The van der Waals surface area contributed by atoms with Gasteiger partial charge < -0.3 is 20.5 Å². The second kappa shape index (κ2) is 7.68. The topological polar surface area (TPSA) is 87.7 Å². The summed E-state index contributed by atoms with van der Waals surface area (Å²) in [4.78, 5) is 23.3. The third-order valence-corrected chi connectivity index (χ3v) is 2.74. The van der Waals surface area contributed by atoms with Crippen LogP contribution in [0.2, 0.25) is 0 Å². The Morgan fingerprint density at radius 2 is 1.68 bits per heavy atom. The van der Waals surface area contributed by atoms with E-state index in [2.05, 4.69) is 10.6 Å². The molecule has 6 heteroatoms. The number of carbonyl (C=O) groups excluding carboxylic acids is 2. The van der Waals surface area contributed by atoms with Gasteiger partial charge in [0.05, 0.1) is 0 Å². The van der Waals surface area contributed by atoms with Crippen LogP contribution >= 0.6 is 0 Å². The van der Waals surface area contributed by atoms with Crippen LogP contribution in [-0.4, -0.2) is 30.2 Å². The second-order valence-electron chi connectivity index (χ2n) is 4.44. The highest BCUT2D eigenvalue weighted by Gasteiger charge is 2.06. The molecule has 2 amide bonds. The molecule has 0 fully saturated rings. The van der Waals surface area contributed by atoms with Crippen LogP contribution < -0.4 is 15.4 Å². The average Bonchev–Trinajstić information content (AvgIpc) is 2.52. The summed E-state index contributed by atoms with van der Waals surface area (Å²) in [7, 11) is 0. The molecular formula is C16H16N2O4. The smallest absolute Gasteiger partial charge is 0.412 e. The number of ether oxygens (including phenoxy) is 1. The molecule has 0 aliphatic carbocycles. The van der Waals surface area contributed by atoms with Crippen LogP contribution in [-0.2, 0) is 0 Å². The van der Waals surface area contributed by atoms with E-state index in [-0.39, 0.29) is 24.7 Å². The number of carbonyl (C=O) groups is 2. The van der Waals surface area contributed by atoms with Crippen LogP contribution in [0.15, 0.2) is 54.6 Å². The zero-order chi connectivity index (χ0) is 15.8. The van der Waals surface area contributed by atoms with E-state index in [0.29, 0.717) is 11.3 Å². The third kappa shape index (κ3) is 4.82. The van der Waals surface area contributed by atoms with Gasteiger partial charge in [-0.2, -0.15) is 0 Å². The van der Waals surface area contributed by atoms with E-state index in [4.69, 9.17) is 4.74 Å². The lowest BCUT2D eigenvalue weighted by atomic mass is 10.2. The summed E-state index contributed by atoms with van der Waals surface area (Å²) in [6.45, 7) is 0.481. The van der Waals surface area contributed by atoms with Crippen LogP contribution in [0.4, 0.5) is 4.79 Å². The van der Waals surface area contributed by atoms with Gasteiger partial charge in [0.25, 0.3) is 5.91 Å². The first-order valence-electron chi connectivity index (χ1n) is 6.73. The molecule has 0 unspecified atom stereocenters. The molecule has 3 N–H and O–H groups in total. The Hall–Kier alpha value is -3.02. The number of phenolic OH excluding ortho intramolecular Hbond substituents is 1. The minimum Gasteiger partial charge on any atom is -0.508 e. The van der Waals surface area contributed by atoms with Gasteiger partial charge in [-0.05, 0) is 30.3 Å². The Kier molecular flexibility index (Phi) is 5.37. The molecule has 0 aromatic heterocycles. The number of para-hydroxylation sites is 1. The van der Waals surface area contributed by atoms with Gasteiger partial charge in [-0.1, -0.05) is 24.3 Å². The van der Waals surface area contributed by atoms with Crippen molar-refractivity contribution in [2.45, 2.75) is 0 Å². The van der Waals surface area contributed by atoms with Crippen LogP contribution in [0.1, 0.15) is 10.4 Å². The van der Waals surface area contributed by atoms with Gasteiger partial charge in [-0.25, -0.2) is 4.79 Å². The highest BCUT2D eigenvalue weighted by atomic mass is 16.6. The maximum atomic E-state index is 11.8. The number of nitrogens with one attached hydrogen (secondary N) is 2. The molecular weight excluding hydrogens is 284 g/mol. The van der Waals surface area contributed by atoms with Gasteiger partial charge >= 0.3 is 6.09 Å². The predicted molar refractivity (Wildman–Crippen MR) is 80.9 cm³/mol. The zero-order valence-electron chi connectivity index (χ0n) is 11.8. The third-order valence-electron chi connectivity index (χ3n) is 2.74. The maximum absolute atomic E-state index is 11.8. The van der Waals surface area contributed by atoms with Gasteiger partial charge in [-0.3, -0.25) is 4.79 Å². The normalized spacial score (nSPS) is 9.82. The Balaban J connectivity index is 1.68. The van der Waals surface area contributed by atoms with Crippen molar-refractivity contribution in [3.8, 4) is 11.5 Å². The summed E-state index contributed by atoms with van der Waals surface area (Å²) in [5.74, 6) is 0.148. The molecule has 2 rings (SSSR count). The van der Waals surface area contributed by atoms with E-state index in [9.17, 15) is 14.7 Å². The molecule has 0 spiro atoms. The van der Waals surface area contributed by atoms with E-state index in [0.717, 1.165) is 0 Å². The maximum Gasteiger partial charge on any atom is 0.412 e.